The zero-order chi connectivity index (χ0) is 14.1. The van der Waals surface area contributed by atoms with Crippen molar-refractivity contribution >= 4 is 0 Å². The summed E-state index contributed by atoms with van der Waals surface area (Å²) in [4.78, 5) is 7.12. The molecule has 4 rings (SSSR count). The lowest BCUT2D eigenvalue weighted by Gasteiger charge is -2.44. The van der Waals surface area contributed by atoms with Gasteiger partial charge in [0.2, 0.25) is 5.88 Å². The molecule has 2 unspecified atom stereocenters. The molecule has 0 spiro atoms. The van der Waals surface area contributed by atoms with Gasteiger partial charge in [-0.25, -0.2) is 4.98 Å². The van der Waals surface area contributed by atoms with Gasteiger partial charge in [-0.2, -0.15) is 0 Å². The molecule has 5 nitrogen and oxygen atoms in total. The zero-order valence-electron chi connectivity index (χ0n) is 12.1. The van der Waals surface area contributed by atoms with Gasteiger partial charge in [0.05, 0.1) is 12.7 Å². The minimum absolute atomic E-state index is 0.466. The molecule has 0 amide bonds. The molecule has 110 valence electrons. The fraction of sp³-hybridized carbons (Fsp3) is 0.667. The first-order valence-corrected chi connectivity index (χ1v) is 7.21. The van der Waals surface area contributed by atoms with E-state index in [4.69, 9.17) is 9.47 Å². The molecule has 3 fully saturated rings. The molecule has 0 aliphatic carbocycles. The molecule has 2 atom stereocenters. The third-order valence-electron chi connectivity index (χ3n) is 4.63. The number of piperidine rings is 3. The highest BCUT2D eigenvalue weighted by Crippen LogP contribution is 2.39. The first-order chi connectivity index (χ1) is 9.72. The number of pyridine rings is 1. The van der Waals surface area contributed by atoms with Crippen LogP contribution >= 0.6 is 0 Å². The van der Waals surface area contributed by atoms with Crippen LogP contribution in [0, 0.1) is 5.92 Å². The Bertz CT molecular complexity index is 472. The van der Waals surface area contributed by atoms with E-state index in [-0.39, 0.29) is 0 Å². The summed E-state index contributed by atoms with van der Waals surface area (Å²) in [5, 5.41) is 9.80. The van der Waals surface area contributed by atoms with Crippen LogP contribution in [0.5, 0.6) is 5.88 Å². The van der Waals surface area contributed by atoms with Gasteiger partial charge in [0.1, 0.15) is 0 Å². The minimum atomic E-state index is -0.988. The number of aromatic nitrogens is 1. The van der Waals surface area contributed by atoms with Crippen molar-refractivity contribution in [3.05, 3.63) is 23.4 Å². The number of fused-ring (bicyclic) bond motifs is 3. The molecule has 3 saturated heterocycles. The fourth-order valence-electron chi connectivity index (χ4n) is 3.45. The number of rotatable bonds is 4. The molecule has 1 aromatic heterocycles. The van der Waals surface area contributed by atoms with E-state index >= 15 is 0 Å². The quantitative estimate of drug-likeness (QED) is 0.847. The summed E-state index contributed by atoms with van der Waals surface area (Å²) < 4.78 is 10.3. The Balaban J connectivity index is 1.87. The van der Waals surface area contributed by atoms with Crippen LogP contribution < -0.4 is 4.74 Å². The summed E-state index contributed by atoms with van der Waals surface area (Å²) in [7, 11) is 3.04. The summed E-state index contributed by atoms with van der Waals surface area (Å²) in [6.45, 7) is 3.53. The Morgan fingerprint density at radius 2 is 2.05 bits per heavy atom. The predicted octanol–water partition coefficient (Wildman–Crippen LogP) is 1.54. The molecule has 0 saturated carbocycles. The van der Waals surface area contributed by atoms with Gasteiger partial charge in [-0.05, 0) is 44.0 Å². The van der Waals surface area contributed by atoms with E-state index in [1.807, 2.05) is 12.1 Å². The number of aliphatic hydroxyl groups is 1. The first-order valence-electron chi connectivity index (χ1n) is 7.21. The van der Waals surface area contributed by atoms with E-state index in [2.05, 4.69) is 9.88 Å². The van der Waals surface area contributed by atoms with Crippen LogP contribution in [0.4, 0.5) is 0 Å². The normalized spacial score (nSPS) is 30.2. The average Bonchev–Trinajstić information content (AvgIpc) is 2.54. The van der Waals surface area contributed by atoms with Crippen molar-refractivity contribution in [2.45, 2.75) is 25.0 Å². The van der Waals surface area contributed by atoms with Crippen LogP contribution in [0.3, 0.4) is 0 Å². The summed E-state index contributed by atoms with van der Waals surface area (Å²) in [6, 6.07) is 3.87. The van der Waals surface area contributed by atoms with Crippen molar-refractivity contribution in [1.29, 1.82) is 0 Å². The Morgan fingerprint density at radius 1 is 1.30 bits per heavy atom. The molecule has 20 heavy (non-hydrogen) atoms. The molecule has 1 N–H and O–H groups in total. The number of aliphatic hydroxyl groups excluding tert-OH is 1. The Morgan fingerprint density at radius 3 is 2.60 bits per heavy atom. The highest BCUT2D eigenvalue weighted by atomic mass is 16.6. The van der Waals surface area contributed by atoms with E-state index < -0.39 is 6.29 Å². The van der Waals surface area contributed by atoms with E-state index in [0.717, 1.165) is 18.2 Å². The highest BCUT2D eigenvalue weighted by molar-refractivity contribution is 5.31. The number of hydrogen-bond donors (Lipinski definition) is 1. The standard InChI is InChI=1S/C15H22N2O3/c1-19-14-11(15(18)20-2)3-4-13(16-14)12-9-17-7-5-10(12)6-8-17/h3-4,10,12,15,18H,5-9H2,1-2H3. The number of methoxy groups -OCH3 is 2. The second-order valence-corrected chi connectivity index (χ2v) is 5.67. The average molecular weight is 278 g/mol. The van der Waals surface area contributed by atoms with Crippen molar-refractivity contribution in [2.24, 2.45) is 5.92 Å². The maximum absolute atomic E-state index is 9.80. The molecular formula is C15H22N2O3. The van der Waals surface area contributed by atoms with Gasteiger partial charge < -0.3 is 19.5 Å². The summed E-state index contributed by atoms with van der Waals surface area (Å²) in [6.07, 6.45) is 1.53. The van der Waals surface area contributed by atoms with E-state index in [1.165, 1.54) is 33.0 Å². The summed E-state index contributed by atoms with van der Waals surface area (Å²) in [5.41, 5.74) is 1.66. The maximum atomic E-state index is 9.80. The number of nitrogens with zero attached hydrogens (tertiary/aromatic N) is 2. The second kappa shape index (κ2) is 5.68. The smallest absolute Gasteiger partial charge is 0.221 e. The maximum Gasteiger partial charge on any atom is 0.221 e. The Kier molecular flexibility index (Phi) is 3.92. The molecule has 1 aromatic rings. The van der Waals surface area contributed by atoms with E-state index in [1.54, 1.807) is 7.11 Å². The van der Waals surface area contributed by atoms with Crippen molar-refractivity contribution in [3.63, 3.8) is 0 Å². The van der Waals surface area contributed by atoms with Gasteiger partial charge in [0.25, 0.3) is 0 Å². The van der Waals surface area contributed by atoms with Gasteiger partial charge >= 0.3 is 0 Å². The number of ether oxygens (including phenoxy) is 2. The monoisotopic (exact) mass is 278 g/mol. The van der Waals surface area contributed by atoms with Crippen LogP contribution in [0.1, 0.15) is 36.3 Å². The summed E-state index contributed by atoms with van der Waals surface area (Å²) >= 11 is 0. The molecule has 4 heterocycles. The van der Waals surface area contributed by atoms with Crippen molar-refractivity contribution in [3.8, 4) is 5.88 Å². The summed E-state index contributed by atoms with van der Waals surface area (Å²) in [5.74, 6) is 1.68. The molecular weight excluding hydrogens is 256 g/mol. The van der Waals surface area contributed by atoms with Gasteiger partial charge in [0, 0.05) is 25.3 Å². The molecule has 3 aliphatic heterocycles. The largest absolute Gasteiger partial charge is 0.481 e. The van der Waals surface area contributed by atoms with Crippen LogP contribution in [0.15, 0.2) is 12.1 Å². The van der Waals surface area contributed by atoms with Gasteiger partial charge in [-0.1, -0.05) is 0 Å². The van der Waals surface area contributed by atoms with Crippen LogP contribution in [0.25, 0.3) is 0 Å². The topological polar surface area (TPSA) is 54.8 Å². The van der Waals surface area contributed by atoms with Crippen molar-refractivity contribution < 1.29 is 14.6 Å². The van der Waals surface area contributed by atoms with Crippen LogP contribution in [-0.2, 0) is 4.74 Å². The predicted molar refractivity (Wildman–Crippen MR) is 74.7 cm³/mol. The molecule has 3 aliphatic rings. The van der Waals surface area contributed by atoms with Gasteiger partial charge in [0.15, 0.2) is 6.29 Å². The highest BCUT2D eigenvalue weighted by Gasteiger charge is 2.36. The van der Waals surface area contributed by atoms with Gasteiger partial charge in [-0.3, -0.25) is 0 Å². The fourth-order valence-corrected chi connectivity index (χ4v) is 3.45. The lowest BCUT2D eigenvalue weighted by molar-refractivity contribution is -0.0784. The van der Waals surface area contributed by atoms with Crippen LogP contribution in [0.2, 0.25) is 0 Å². The minimum Gasteiger partial charge on any atom is -0.481 e. The third kappa shape index (κ3) is 2.41. The lowest BCUT2D eigenvalue weighted by atomic mass is 9.77. The molecule has 5 heteroatoms. The lowest BCUT2D eigenvalue weighted by Crippen LogP contribution is -2.46. The van der Waals surface area contributed by atoms with Crippen molar-refractivity contribution in [2.75, 3.05) is 33.9 Å². The zero-order valence-corrected chi connectivity index (χ0v) is 12.1. The molecule has 0 radical (unpaired) electrons. The number of hydrogen-bond acceptors (Lipinski definition) is 5. The second-order valence-electron chi connectivity index (χ2n) is 5.67. The Labute approximate surface area is 119 Å². The molecule has 2 bridgehead atoms. The van der Waals surface area contributed by atoms with Crippen molar-refractivity contribution in [1.82, 2.24) is 9.88 Å². The Hall–Kier alpha value is -1.17. The van der Waals surface area contributed by atoms with Gasteiger partial charge in [-0.15, -0.1) is 0 Å². The first kappa shape index (κ1) is 13.8. The SMILES string of the molecule is COc1nc(C2CN3CCC2CC3)ccc1C(O)OC. The van der Waals surface area contributed by atoms with E-state index in [9.17, 15) is 5.11 Å². The van der Waals surface area contributed by atoms with E-state index in [0.29, 0.717) is 17.4 Å². The van der Waals surface area contributed by atoms with Crippen LogP contribution in [-0.4, -0.2) is 48.8 Å². The third-order valence-corrected chi connectivity index (χ3v) is 4.63. The molecule has 0 aromatic carbocycles.